The van der Waals surface area contributed by atoms with Crippen molar-refractivity contribution in [3.63, 3.8) is 0 Å². The summed E-state index contributed by atoms with van der Waals surface area (Å²) in [6.45, 7) is 3.17. The van der Waals surface area contributed by atoms with E-state index in [1.165, 1.54) is 0 Å². The molecule has 1 aromatic carbocycles. The second-order valence-corrected chi connectivity index (χ2v) is 7.00. The summed E-state index contributed by atoms with van der Waals surface area (Å²) in [6, 6.07) is 8.92. The lowest BCUT2D eigenvalue weighted by Crippen LogP contribution is -2.60. The van der Waals surface area contributed by atoms with Crippen LogP contribution in [0.1, 0.15) is 38.2 Å². The quantitative estimate of drug-likeness (QED) is 0.388. The molecule has 0 aliphatic carbocycles. The van der Waals surface area contributed by atoms with Crippen LogP contribution in [0, 0.1) is 0 Å². The summed E-state index contributed by atoms with van der Waals surface area (Å²) in [7, 11) is 0. The second kappa shape index (κ2) is 11.4. The Morgan fingerprint density at radius 3 is 2.79 bits per heavy atom. The number of piperazine rings is 1. The maximum absolute atomic E-state index is 12.2. The Morgan fingerprint density at radius 2 is 2.07 bits per heavy atom. The van der Waals surface area contributed by atoms with E-state index in [9.17, 15) is 14.4 Å². The van der Waals surface area contributed by atoms with Crippen molar-refractivity contribution < 1.29 is 19.1 Å². The topological polar surface area (TPSA) is 87.7 Å². The van der Waals surface area contributed by atoms with Crippen LogP contribution in [0.5, 0.6) is 0 Å². The van der Waals surface area contributed by atoms with Crippen LogP contribution < -0.4 is 10.6 Å². The standard InChI is InChI=1S/C20H27N3O4S/c1-2-3-13-27-18(25)14-16-19(26)21-11-12-23(16)20(28)22-17(24)10-9-15-7-5-4-6-8-15/h4-8,16H,2-3,9-14H2,1H3,(H,21,26)(H,22,24,28). The summed E-state index contributed by atoms with van der Waals surface area (Å²) < 4.78 is 5.15. The van der Waals surface area contributed by atoms with E-state index in [4.69, 9.17) is 17.0 Å². The number of hydrogen-bond acceptors (Lipinski definition) is 5. The second-order valence-electron chi connectivity index (χ2n) is 6.62. The molecule has 1 aliphatic rings. The number of unbranched alkanes of at least 4 members (excludes halogenated alkanes) is 1. The molecule has 0 spiro atoms. The van der Waals surface area contributed by atoms with Gasteiger partial charge in [0, 0.05) is 19.5 Å². The molecule has 0 saturated carbocycles. The van der Waals surface area contributed by atoms with E-state index in [1.54, 1.807) is 4.90 Å². The number of nitrogens with one attached hydrogen (secondary N) is 2. The average molecular weight is 406 g/mol. The van der Waals surface area contributed by atoms with Crippen molar-refractivity contribution in [2.24, 2.45) is 0 Å². The van der Waals surface area contributed by atoms with E-state index >= 15 is 0 Å². The van der Waals surface area contributed by atoms with Gasteiger partial charge >= 0.3 is 5.97 Å². The summed E-state index contributed by atoms with van der Waals surface area (Å²) in [5, 5.41) is 5.58. The number of amides is 2. The Morgan fingerprint density at radius 1 is 1.32 bits per heavy atom. The third-order valence-corrected chi connectivity index (χ3v) is 4.78. The van der Waals surface area contributed by atoms with Crippen molar-refractivity contribution in [2.75, 3.05) is 19.7 Å². The Balaban J connectivity index is 1.88. The van der Waals surface area contributed by atoms with E-state index in [-0.39, 0.29) is 29.8 Å². The highest BCUT2D eigenvalue weighted by Gasteiger charge is 2.34. The molecule has 1 unspecified atom stereocenters. The zero-order valence-corrected chi connectivity index (χ0v) is 16.9. The molecule has 8 heteroatoms. The molecule has 1 fully saturated rings. The largest absolute Gasteiger partial charge is 0.466 e. The number of carbonyl (C=O) groups is 3. The molecule has 28 heavy (non-hydrogen) atoms. The van der Waals surface area contributed by atoms with Gasteiger partial charge in [-0.15, -0.1) is 0 Å². The number of rotatable bonds is 8. The van der Waals surface area contributed by atoms with Crippen LogP contribution in [0.4, 0.5) is 0 Å². The number of thiocarbonyl (C=S) groups is 1. The van der Waals surface area contributed by atoms with Crippen LogP contribution in [-0.2, 0) is 25.5 Å². The summed E-state index contributed by atoms with van der Waals surface area (Å²) in [6.07, 6.45) is 2.48. The summed E-state index contributed by atoms with van der Waals surface area (Å²) in [4.78, 5) is 38.1. The molecular formula is C20H27N3O4S. The first-order valence-electron chi connectivity index (χ1n) is 9.59. The number of ether oxygens (including phenoxy) is 1. The van der Waals surface area contributed by atoms with Gasteiger partial charge < -0.3 is 20.3 Å². The normalized spacial score (nSPS) is 16.2. The van der Waals surface area contributed by atoms with Crippen molar-refractivity contribution in [1.82, 2.24) is 15.5 Å². The van der Waals surface area contributed by atoms with Gasteiger partial charge in [-0.05, 0) is 30.6 Å². The average Bonchev–Trinajstić information content (AvgIpc) is 2.69. The lowest BCUT2D eigenvalue weighted by atomic mass is 10.1. The first-order chi connectivity index (χ1) is 13.5. The van der Waals surface area contributed by atoms with Gasteiger partial charge in [-0.3, -0.25) is 14.4 Å². The number of aryl methyl sites for hydroxylation is 1. The van der Waals surface area contributed by atoms with E-state index in [0.29, 0.717) is 26.1 Å². The smallest absolute Gasteiger partial charge is 0.308 e. The van der Waals surface area contributed by atoms with Crippen LogP contribution >= 0.6 is 12.2 Å². The third-order valence-electron chi connectivity index (χ3n) is 4.44. The van der Waals surface area contributed by atoms with Gasteiger partial charge in [-0.1, -0.05) is 43.7 Å². The van der Waals surface area contributed by atoms with Crippen LogP contribution in [0.2, 0.25) is 0 Å². The number of benzene rings is 1. The number of carbonyl (C=O) groups excluding carboxylic acids is 3. The SMILES string of the molecule is CCCCOC(=O)CC1C(=O)NCCN1C(=S)NC(=O)CCc1ccccc1. The van der Waals surface area contributed by atoms with Gasteiger partial charge in [0.25, 0.3) is 0 Å². The molecular weight excluding hydrogens is 378 g/mol. The minimum atomic E-state index is -0.773. The lowest BCUT2D eigenvalue weighted by molar-refractivity contribution is -0.147. The molecule has 1 saturated heterocycles. The van der Waals surface area contributed by atoms with Crippen molar-refractivity contribution in [2.45, 2.75) is 45.1 Å². The fraction of sp³-hybridized carbons (Fsp3) is 0.500. The maximum atomic E-state index is 12.2. The molecule has 7 nitrogen and oxygen atoms in total. The molecule has 2 N–H and O–H groups in total. The molecule has 2 amide bonds. The minimum Gasteiger partial charge on any atom is -0.466 e. The minimum absolute atomic E-state index is 0.102. The first-order valence-corrected chi connectivity index (χ1v) is 9.99. The van der Waals surface area contributed by atoms with Crippen molar-refractivity contribution >= 4 is 35.1 Å². The van der Waals surface area contributed by atoms with Gasteiger partial charge in [-0.2, -0.15) is 0 Å². The highest BCUT2D eigenvalue weighted by Crippen LogP contribution is 2.11. The van der Waals surface area contributed by atoms with E-state index in [1.807, 2.05) is 37.3 Å². The highest BCUT2D eigenvalue weighted by atomic mass is 32.1. The third kappa shape index (κ3) is 6.92. The van der Waals surface area contributed by atoms with Gasteiger partial charge in [0.2, 0.25) is 11.8 Å². The Kier molecular flexibility index (Phi) is 8.87. The van der Waals surface area contributed by atoms with Gasteiger partial charge in [-0.25, -0.2) is 0 Å². The van der Waals surface area contributed by atoms with Gasteiger partial charge in [0.15, 0.2) is 5.11 Å². The number of hydrogen-bond donors (Lipinski definition) is 2. The van der Waals surface area contributed by atoms with E-state index in [0.717, 1.165) is 18.4 Å². The first kappa shape index (κ1) is 21.8. The summed E-state index contributed by atoms with van der Waals surface area (Å²) in [5.41, 5.74) is 1.06. The molecule has 0 radical (unpaired) electrons. The van der Waals surface area contributed by atoms with Crippen LogP contribution in [-0.4, -0.2) is 53.5 Å². The van der Waals surface area contributed by atoms with Crippen LogP contribution in [0.15, 0.2) is 30.3 Å². The van der Waals surface area contributed by atoms with E-state index < -0.39 is 12.0 Å². The zero-order valence-electron chi connectivity index (χ0n) is 16.1. The number of nitrogens with zero attached hydrogens (tertiary/aromatic N) is 1. The van der Waals surface area contributed by atoms with Crippen LogP contribution in [0.3, 0.4) is 0 Å². The predicted molar refractivity (Wildman–Crippen MR) is 109 cm³/mol. The fourth-order valence-electron chi connectivity index (χ4n) is 2.86. The monoisotopic (exact) mass is 405 g/mol. The molecule has 1 aromatic rings. The summed E-state index contributed by atoms with van der Waals surface area (Å²) in [5.74, 6) is -0.956. The van der Waals surface area contributed by atoms with Crippen LogP contribution in [0.25, 0.3) is 0 Å². The Bertz CT molecular complexity index is 696. The van der Waals surface area contributed by atoms with E-state index in [2.05, 4.69) is 10.6 Å². The molecule has 2 rings (SSSR count). The van der Waals surface area contributed by atoms with Crippen molar-refractivity contribution in [3.8, 4) is 0 Å². The molecule has 0 aromatic heterocycles. The molecule has 1 atom stereocenters. The maximum Gasteiger partial charge on any atom is 0.308 e. The van der Waals surface area contributed by atoms with Gasteiger partial charge in [0.1, 0.15) is 6.04 Å². The summed E-state index contributed by atoms with van der Waals surface area (Å²) >= 11 is 5.33. The van der Waals surface area contributed by atoms with Gasteiger partial charge in [0.05, 0.1) is 13.0 Å². The number of esters is 1. The molecule has 1 aliphatic heterocycles. The zero-order chi connectivity index (χ0) is 20.4. The lowest BCUT2D eigenvalue weighted by Gasteiger charge is -2.36. The Hall–Kier alpha value is -2.48. The Labute approximate surface area is 170 Å². The highest BCUT2D eigenvalue weighted by molar-refractivity contribution is 7.80. The predicted octanol–water partition coefficient (Wildman–Crippen LogP) is 1.55. The molecule has 152 valence electrons. The van der Waals surface area contributed by atoms with Crippen molar-refractivity contribution in [1.29, 1.82) is 0 Å². The molecule has 1 heterocycles. The fourth-order valence-corrected chi connectivity index (χ4v) is 3.20. The van der Waals surface area contributed by atoms with Crippen molar-refractivity contribution in [3.05, 3.63) is 35.9 Å². The molecule has 0 bridgehead atoms.